The van der Waals surface area contributed by atoms with Gasteiger partial charge in [-0.3, -0.25) is 25.3 Å². The van der Waals surface area contributed by atoms with Gasteiger partial charge < -0.3 is 0 Å². The highest BCUT2D eigenvalue weighted by molar-refractivity contribution is 7.86. The largest absolute Gasteiger partial charge is 0.260 e. The Bertz CT molecular complexity index is 2510. The van der Waals surface area contributed by atoms with E-state index in [-0.39, 0.29) is 0 Å². The molecule has 0 aromatic carbocycles. The lowest BCUT2D eigenvalue weighted by Gasteiger charge is -2.48. The molecule has 120 heavy (non-hydrogen) atoms. The van der Waals surface area contributed by atoms with Crippen molar-refractivity contribution in [3.8, 4) is 0 Å². The molecule has 0 aromatic heterocycles. The number of hydrogen-bond acceptors (Lipinski definition) is 6. The minimum absolute atomic E-state index is 0.647. The summed E-state index contributed by atoms with van der Waals surface area (Å²) in [5.41, 5.74) is 0. The second-order valence-electron chi connectivity index (χ2n) is 50.0. The minimum atomic E-state index is -0.712. The van der Waals surface area contributed by atoms with Gasteiger partial charge in [0.05, 0.1) is 0 Å². The summed E-state index contributed by atoms with van der Waals surface area (Å²) in [5.74, 6) is 39.8. The zero-order valence-electron chi connectivity index (χ0n) is 76.6. The Morgan fingerprint density at radius 2 is 0.158 bits per heavy atom. The van der Waals surface area contributed by atoms with Gasteiger partial charge in [-0.2, -0.15) is 0 Å². The molecule has 0 radical (unpaired) electrons. The molecule has 0 atom stereocenters. The SMILES string of the molecule is O=S1CC2CCC(CC2)C2CC3CC(C2)C2CCC(CC2)CS(=O)CC2CCC(CC2)C2CC4CC(C2)C2CCC(CC2)CS(=O)CC2CCC(CC2)C2CC(CC(C2)C2CCC(CC2)CS(=O)CC2CCC(CC2)C2CC(CC(C2)C2CCC(CC2)CS(=O)CC2CCC4CC2)C2CCC(CC2)C1)C1CCC(CC1)CS(=O)CC1CCC3CC1. The molecule has 0 amide bonds. The molecule has 36 bridgehead atoms. The van der Waals surface area contributed by atoms with Crippen LogP contribution in [0.4, 0.5) is 0 Å². The van der Waals surface area contributed by atoms with E-state index < -0.39 is 64.8 Å². The topological polar surface area (TPSA) is 102 Å². The van der Waals surface area contributed by atoms with Gasteiger partial charge in [-0.25, -0.2) is 0 Å². The van der Waals surface area contributed by atoms with E-state index in [0.29, 0.717) is 71.0 Å². The van der Waals surface area contributed by atoms with Gasteiger partial charge in [0.2, 0.25) is 0 Å². The van der Waals surface area contributed by atoms with Crippen LogP contribution in [0, 0.1) is 213 Å². The van der Waals surface area contributed by atoms with Crippen molar-refractivity contribution in [1.82, 2.24) is 0 Å². The summed E-state index contributed by atoms with van der Waals surface area (Å²) in [6.45, 7) is 0. The molecular formula is C108H180O6S6. The summed E-state index contributed by atoms with van der Waals surface area (Å²) >= 11 is 0. The van der Waals surface area contributed by atoms with Crippen molar-refractivity contribution in [3.63, 3.8) is 0 Å². The predicted octanol–water partition coefficient (Wildman–Crippen LogP) is 26.3. The lowest BCUT2D eigenvalue weighted by molar-refractivity contribution is 0.0344. The van der Waals surface area contributed by atoms with Gasteiger partial charge in [0.1, 0.15) is 0 Å². The summed E-state index contributed by atoms with van der Waals surface area (Å²) in [5, 5.41) is 0. The molecule has 16 aliphatic carbocycles. The van der Waals surface area contributed by atoms with E-state index in [4.69, 9.17) is 0 Å². The Balaban J connectivity index is 0.595. The van der Waals surface area contributed by atoms with Crippen LogP contribution in [0.25, 0.3) is 0 Å². The molecule has 40 heterocycles. The molecule has 56 aliphatic rings. The van der Waals surface area contributed by atoms with E-state index in [2.05, 4.69) is 0 Å². The molecule has 56 rings (SSSR count). The molecule has 0 N–H and O–H groups in total. The van der Waals surface area contributed by atoms with Crippen molar-refractivity contribution in [1.29, 1.82) is 0 Å². The van der Waals surface area contributed by atoms with Crippen molar-refractivity contribution in [2.45, 2.75) is 385 Å². The second-order valence-corrected chi connectivity index (χ2v) is 59.2. The fourth-order valence-corrected chi connectivity index (χ4v) is 47.0. The Morgan fingerprint density at radius 1 is 0.0917 bits per heavy atom. The summed E-state index contributed by atoms with van der Waals surface area (Å²) in [6, 6.07) is 0. The first kappa shape index (κ1) is 90.1. The Labute approximate surface area is 751 Å². The highest BCUT2D eigenvalue weighted by atomic mass is 32.2. The first-order chi connectivity index (χ1) is 58.7. The minimum Gasteiger partial charge on any atom is -0.260 e. The number of hydrogen-bond donors (Lipinski definition) is 0. The second kappa shape index (κ2) is 42.8. The maximum atomic E-state index is 14.6. The van der Waals surface area contributed by atoms with E-state index >= 15 is 0 Å². The third kappa shape index (κ3) is 23.6. The third-order valence-corrected chi connectivity index (χ3v) is 53.1. The van der Waals surface area contributed by atoms with E-state index in [9.17, 15) is 25.3 Å². The standard InChI is InChI=1S/C108H180O6S6/c109-115-61-73-1-25-85(26-2-73)97-49-98-51-99(50-97)87-31-7-76(8-32-87)64-117(111)66-78-15-39-92(40-16-78)104-56-106-60-108(58-104)96-47-23-84(24-48-96)72-120(114)71-83-21-45-95(46-22-83)107-57-103(91-37-13-77(14-38-91)65-116(110)63-75-5-29-86(98)30-6-75)55-105(59-107)93-41-17-81(18-42-93)69-118(112)67-79-9-33-89(34-10-79)101-52-100(88-27-3-74(62-115)4-28-88)53-102(54-101)90-35-11-80(12-36-90)68-119(113)70-82-19-43-94(106)44-20-82/h73-108H,1-72H2. The highest BCUT2D eigenvalue weighted by Crippen LogP contribution is 2.59. The molecule has 0 aromatic rings. The molecule has 0 unspecified atom stereocenters. The normalized spacial score (nSPS) is 52.3. The van der Waals surface area contributed by atoms with E-state index in [1.165, 1.54) is 385 Å². The van der Waals surface area contributed by atoms with Crippen molar-refractivity contribution in [2.24, 2.45) is 213 Å². The van der Waals surface area contributed by atoms with Gasteiger partial charge in [-0.15, -0.1) is 0 Å². The molecule has 684 valence electrons. The van der Waals surface area contributed by atoms with Crippen molar-refractivity contribution >= 4 is 64.8 Å². The van der Waals surface area contributed by atoms with Crippen LogP contribution in [0.1, 0.15) is 385 Å². The average molecular weight is 1770 g/mol. The smallest absolute Gasteiger partial charge is 0.0263 e. The molecular weight excluding hydrogens is 1590 g/mol. The van der Waals surface area contributed by atoms with Crippen LogP contribution in [0.15, 0.2) is 0 Å². The first-order valence-electron chi connectivity index (χ1n) is 54.8. The van der Waals surface area contributed by atoms with Gasteiger partial charge in [-0.1, -0.05) is 0 Å². The molecule has 40 saturated heterocycles. The van der Waals surface area contributed by atoms with Crippen molar-refractivity contribution < 1.29 is 25.3 Å². The van der Waals surface area contributed by atoms with Crippen LogP contribution in [0.3, 0.4) is 0 Å². The monoisotopic (exact) mass is 1770 g/mol. The summed E-state index contributed by atoms with van der Waals surface area (Å²) in [4.78, 5) is 0. The zero-order chi connectivity index (χ0) is 81.2. The third-order valence-electron chi connectivity index (χ3n) is 43.0. The van der Waals surface area contributed by atoms with Gasteiger partial charge in [-0.05, 0) is 598 Å². The fourth-order valence-electron chi connectivity index (χ4n) is 35.9. The van der Waals surface area contributed by atoms with Gasteiger partial charge in [0.25, 0.3) is 0 Å². The quantitative estimate of drug-likeness (QED) is 0.239. The maximum absolute atomic E-state index is 14.6. The summed E-state index contributed by atoms with van der Waals surface area (Å²) in [7, 11) is -4.27. The molecule has 56 fully saturated rings. The van der Waals surface area contributed by atoms with Crippen LogP contribution in [0.2, 0.25) is 0 Å². The van der Waals surface area contributed by atoms with E-state index in [1.54, 1.807) is 0 Å². The van der Waals surface area contributed by atoms with Crippen LogP contribution in [-0.4, -0.2) is 94.3 Å². The van der Waals surface area contributed by atoms with Crippen LogP contribution in [-0.2, 0) is 64.8 Å². The van der Waals surface area contributed by atoms with Gasteiger partial charge in [0, 0.05) is 134 Å². The lowest BCUT2D eigenvalue weighted by atomic mass is 9.58. The van der Waals surface area contributed by atoms with Crippen LogP contribution in [0.5, 0.6) is 0 Å². The predicted molar refractivity (Wildman–Crippen MR) is 510 cm³/mol. The molecule has 16 saturated carbocycles. The average Bonchev–Trinajstić information content (AvgIpc) is 0.808. The summed E-state index contributed by atoms with van der Waals surface area (Å²) in [6.07, 6.45) is 82.2. The summed E-state index contributed by atoms with van der Waals surface area (Å²) < 4.78 is 87.6. The highest BCUT2D eigenvalue weighted by Gasteiger charge is 2.50. The van der Waals surface area contributed by atoms with Gasteiger partial charge >= 0.3 is 0 Å². The maximum Gasteiger partial charge on any atom is 0.0263 e. The molecule has 6 nitrogen and oxygen atoms in total. The lowest BCUT2D eigenvalue weighted by Crippen LogP contribution is -2.39. The molecule has 40 aliphatic heterocycles. The van der Waals surface area contributed by atoms with Crippen LogP contribution >= 0.6 is 0 Å². The van der Waals surface area contributed by atoms with Gasteiger partial charge in [0.15, 0.2) is 0 Å². The van der Waals surface area contributed by atoms with Crippen molar-refractivity contribution in [2.75, 3.05) is 69.0 Å². The van der Waals surface area contributed by atoms with Crippen LogP contribution < -0.4 is 0 Å². The Hall–Kier alpha value is 0.900. The molecule has 0 spiro atoms. The first-order valence-corrected chi connectivity index (χ1v) is 63.7. The Kier molecular flexibility index (Phi) is 32.2. The molecule has 12 heteroatoms. The van der Waals surface area contributed by atoms with E-state index in [1.807, 2.05) is 0 Å². The van der Waals surface area contributed by atoms with E-state index in [0.717, 1.165) is 211 Å². The zero-order valence-corrected chi connectivity index (χ0v) is 81.5. The Morgan fingerprint density at radius 3 is 0.225 bits per heavy atom. The van der Waals surface area contributed by atoms with Crippen molar-refractivity contribution in [3.05, 3.63) is 0 Å². The fraction of sp³-hybridized carbons (Fsp3) is 1.00. The number of rotatable bonds is 0.